The van der Waals surface area contributed by atoms with Crippen LogP contribution in [0.25, 0.3) is 11.2 Å². The lowest BCUT2D eigenvalue weighted by molar-refractivity contribution is 0.147. The minimum absolute atomic E-state index is 0.00354. The molecule has 0 saturated heterocycles. The molecule has 0 aliphatic heterocycles. The highest BCUT2D eigenvalue weighted by molar-refractivity contribution is 7.66. The number of aromatic nitrogens is 4. The highest BCUT2D eigenvalue weighted by atomic mass is 31.3. The second kappa shape index (κ2) is 7.42. The van der Waals surface area contributed by atoms with Crippen molar-refractivity contribution in [1.82, 2.24) is 19.5 Å². The molecule has 0 aromatic carbocycles. The normalized spacial score (nSPS) is 30.0. The standard InChI is InChI=1S/C12H18N5O10P3/c13-11-10-12(15-4-14-11)17(5-16-10)9-1-6(7-2-8(7)9)3-25-29(21,22)27-30(23,24)26-28(18,19)20/h4-9H,1-3H2,(H,21,22)(H,23,24)(H2,13,14,15)(H2,18,19,20)/t6-,7?,8?,9-/m1/s1. The van der Waals surface area contributed by atoms with Crippen LogP contribution in [0.5, 0.6) is 0 Å². The number of fused-ring (bicyclic) bond motifs is 2. The lowest BCUT2D eigenvalue weighted by Gasteiger charge is -2.20. The summed E-state index contributed by atoms with van der Waals surface area (Å²) in [6, 6.07) is 0.00354. The first-order valence-electron chi connectivity index (χ1n) is 8.56. The molecular formula is C12H18N5O10P3. The summed E-state index contributed by atoms with van der Waals surface area (Å²) in [5.74, 6) is 0.557. The van der Waals surface area contributed by atoms with Gasteiger partial charge in [-0.3, -0.25) is 4.52 Å². The van der Waals surface area contributed by atoms with Gasteiger partial charge in [-0.25, -0.2) is 28.6 Å². The van der Waals surface area contributed by atoms with Crippen molar-refractivity contribution < 1.29 is 46.4 Å². The van der Waals surface area contributed by atoms with Crippen molar-refractivity contribution in [3.8, 4) is 0 Å². The van der Waals surface area contributed by atoms with Crippen LogP contribution in [0, 0.1) is 17.8 Å². The second-order valence-electron chi connectivity index (χ2n) is 7.10. The summed E-state index contributed by atoms with van der Waals surface area (Å²) in [6.45, 7) is -0.273. The molecule has 4 unspecified atom stereocenters. The van der Waals surface area contributed by atoms with Gasteiger partial charge >= 0.3 is 23.5 Å². The number of rotatable bonds is 8. The van der Waals surface area contributed by atoms with E-state index in [-0.39, 0.29) is 36.2 Å². The third-order valence-corrected chi connectivity index (χ3v) is 8.95. The largest absolute Gasteiger partial charge is 0.490 e. The Kier molecular flexibility index (Phi) is 5.43. The fraction of sp³-hybridized carbons (Fsp3) is 0.583. The summed E-state index contributed by atoms with van der Waals surface area (Å²) < 4.78 is 48.1. The van der Waals surface area contributed by atoms with E-state index in [1.165, 1.54) is 6.33 Å². The van der Waals surface area contributed by atoms with E-state index in [9.17, 15) is 23.5 Å². The molecule has 2 heterocycles. The Morgan fingerprint density at radius 2 is 1.77 bits per heavy atom. The Bertz CT molecular complexity index is 1120. The van der Waals surface area contributed by atoms with Crippen LogP contribution in [-0.2, 0) is 26.8 Å². The molecule has 2 aliphatic carbocycles. The van der Waals surface area contributed by atoms with E-state index in [4.69, 9.17) is 20.0 Å². The number of imidazole rings is 1. The summed E-state index contributed by atoms with van der Waals surface area (Å²) in [5, 5.41) is 0. The first kappa shape index (κ1) is 22.0. The summed E-state index contributed by atoms with van der Waals surface area (Å²) in [7, 11) is -16.1. The van der Waals surface area contributed by atoms with Gasteiger partial charge in [-0.15, -0.1) is 0 Å². The molecule has 6 N–H and O–H groups in total. The van der Waals surface area contributed by atoms with Crippen molar-refractivity contribution >= 4 is 40.4 Å². The van der Waals surface area contributed by atoms with E-state index < -0.39 is 23.5 Å². The number of anilines is 1. The lowest BCUT2D eigenvalue weighted by atomic mass is 10.0. The number of hydrogen-bond donors (Lipinski definition) is 5. The van der Waals surface area contributed by atoms with Gasteiger partial charge in [0.05, 0.1) is 12.9 Å². The smallest absolute Gasteiger partial charge is 0.382 e. The Morgan fingerprint density at radius 1 is 1.03 bits per heavy atom. The highest BCUT2D eigenvalue weighted by Gasteiger charge is 2.55. The van der Waals surface area contributed by atoms with E-state index in [0.29, 0.717) is 17.6 Å². The Labute approximate surface area is 168 Å². The highest BCUT2D eigenvalue weighted by Crippen LogP contribution is 2.67. The number of phosphoric ester groups is 1. The Hall–Kier alpha value is -1.24. The molecule has 166 valence electrons. The third-order valence-electron chi connectivity index (χ3n) is 5.15. The van der Waals surface area contributed by atoms with Crippen molar-refractivity contribution in [2.75, 3.05) is 12.3 Å². The number of phosphoric acid groups is 3. The molecule has 30 heavy (non-hydrogen) atoms. The van der Waals surface area contributed by atoms with Gasteiger partial charge in [-0.1, -0.05) is 0 Å². The minimum Gasteiger partial charge on any atom is -0.382 e. The summed E-state index contributed by atoms with van der Waals surface area (Å²) in [6.07, 6.45) is 4.35. The first-order chi connectivity index (χ1) is 13.9. The van der Waals surface area contributed by atoms with Gasteiger partial charge in [0.1, 0.15) is 11.8 Å². The number of hydrogen-bond acceptors (Lipinski definition) is 10. The summed E-state index contributed by atoms with van der Waals surface area (Å²) >= 11 is 0. The van der Waals surface area contributed by atoms with E-state index >= 15 is 0 Å². The third kappa shape index (κ3) is 4.66. The van der Waals surface area contributed by atoms with Gasteiger partial charge in [-0.05, 0) is 30.6 Å². The van der Waals surface area contributed by atoms with Crippen molar-refractivity contribution in [2.45, 2.75) is 18.9 Å². The molecule has 2 aliphatic rings. The van der Waals surface area contributed by atoms with Gasteiger partial charge in [-0.2, -0.15) is 8.62 Å². The fourth-order valence-corrected chi connectivity index (χ4v) is 7.07. The average molecular weight is 485 g/mol. The van der Waals surface area contributed by atoms with Crippen molar-refractivity contribution in [1.29, 1.82) is 0 Å². The van der Waals surface area contributed by atoms with Crippen molar-refractivity contribution in [2.24, 2.45) is 17.8 Å². The van der Waals surface area contributed by atoms with Crippen LogP contribution in [-0.4, -0.2) is 45.7 Å². The van der Waals surface area contributed by atoms with E-state index in [1.54, 1.807) is 6.33 Å². The fourth-order valence-electron chi connectivity index (χ4n) is 4.00. The molecule has 6 atom stereocenters. The molecule has 18 heteroatoms. The SMILES string of the molecule is Nc1ncnc2c1ncn2[C@@H]1C[C@H](COP(=O)(O)OP(=O)(O)OP(=O)(O)O)C2CC21. The number of nitrogens with two attached hydrogens (primary N) is 1. The molecule has 2 aromatic heterocycles. The summed E-state index contributed by atoms with van der Waals surface area (Å²) in [5.41, 5.74) is 6.86. The zero-order chi connectivity index (χ0) is 21.9. The molecule has 2 aromatic rings. The van der Waals surface area contributed by atoms with E-state index in [2.05, 4.69) is 23.6 Å². The number of nitrogens with zero attached hydrogens (tertiary/aromatic N) is 4. The maximum Gasteiger partial charge on any atom is 0.490 e. The summed E-state index contributed by atoms with van der Waals surface area (Å²) in [4.78, 5) is 48.3. The van der Waals surface area contributed by atoms with Crippen LogP contribution in [0.1, 0.15) is 18.9 Å². The minimum atomic E-state index is -5.53. The molecule has 15 nitrogen and oxygen atoms in total. The molecular weight excluding hydrogens is 467 g/mol. The molecule has 0 amide bonds. The predicted molar refractivity (Wildman–Crippen MR) is 98.3 cm³/mol. The predicted octanol–water partition coefficient (Wildman–Crippen LogP) is 0.949. The second-order valence-corrected chi connectivity index (χ2v) is 11.5. The zero-order valence-electron chi connectivity index (χ0n) is 15.0. The lowest BCUT2D eigenvalue weighted by Crippen LogP contribution is -2.13. The van der Waals surface area contributed by atoms with Gasteiger partial charge < -0.3 is 29.9 Å². The molecule has 0 spiro atoms. The van der Waals surface area contributed by atoms with Crippen molar-refractivity contribution in [3.05, 3.63) is 12.7 Å². The van der Waals surface area contributed by atoms with Crippen LogP contribution in [0.3, 0.4) is 0 Å². The van der Waals surface area contributed by atoms with Crippen molar-refractivity contribution in [3.63, 3.8) is 0 Å². The number of nitrogen functional groups attached to an aromatic ring is 1. The Morgan fingerprint density at radius 3 is 2.47 bits per heavy atom. The molecule has 2 fully saturated rings. The van der Waals surface area contributed by atoms with E-state index in [0.717, 1.165) is 6.42 Å². The zero-order valence-corrected chi connectivity index (χ0v) is 17.7. The maximum absolute atomic E-state index is 11.9. The van der Waals surface area contributed by atoms with Gasteiger partial charge in [0.2, 0.25) is 0 Å². The van der Waals surface area contributed by atoms with Crippen LogP contribution in [0.15, 0.2) is 12.7 Å². The van der Waals surface area contributed by atoms with Crippen LogP contribution in [0.2, 0.25) is 0 Å². The molecule has 0 bridgehead atoms. The quantitative estimate of drug-likeness (QED) is 0.328. The van der Waals surface area contributed by atoms with Crippen LogP contribution < -0.4 is 5.73 Å². The van der Waals surface area contributed by atoms with Gasteiger partial charge in [0, 0.05) is 6.04 Å². The Balaban J connectivity index is 1.40. The van der Waals surface area contributed by atoms with Crippen LogP contribution in [0.4, 0.5) is 5.82 Å². The maximum atomic E-state index is 11.9. The van der Waals surface area contributed by atoms with Gasteiger partial charge in [0.25, 0.3) is 0 Å². The molecule has 2 saturated carbocycles. The topological polar surface area (TPSA) is 229 Å². The van der Waals surface area contributed by atoms with Gasteiger partial charge in [0.15, 0.2) is 11.5 Å². The average Bonchev–Trinajstić information content (AvgIpc) is 3.10. The van der Waals surface area contributed by atoms with E-state index in [1.807, 2.05) is 4.57 Å². The molecule has 0 radical (unpaired) electrons. The monoisotopic (exact) mass is 485 g/mol. The first-order valence-corrected chi connectivity index (χ1v) is 13.1. The van der Waals surface area contributed by atoms with Crippen LogP contribution >= 0.6 is 23.5 Å². The molecule has 4 rings (SSSR count).